The fraction of sp³-hybridized carbons (Fsp3) is 0.105. The number of benzene rings is 1. The van der Waals surface area contributed by atoms with Gasteiger partial charge in [-0.1, -0.05) is 12.1 Å². The highest BCUT2D eigenvalue weighted by Crippen LogP contribution is 2.34. The number of anilines is 1. The van der Waals surface area contributed by atoms with E-state index in [0.29, 0.717) is 12.3 Å². The zero-order valence-corrected chi connectivity index (χ0v) is 14.1. The van der Waals surface area contributed by atoms with Crippen LogP contribution in [0.4, 0.5) is 5.95 Å². The Balaban J connectivity index is 1.67. The fourth-order valence-corrected chi connectivity index (χ4v) is 2.76. The number of nitrogen functional groups attached to an aromatic ring is 1. The molecular weight excluding hydrogens is 330 g/mol. The highest BCUT2D eigenvalue weighted by molar-refractivity contribution is 5.97. The van der Waals surface area contributed by atoms with E-state index in [9.17, 15) is 0 Å². The predicted octanol–water partition coefficient (Wildman–Crippen LogP) is 3.19. The molecule has 0 unspecified atom stereocenters. The lowest BCUT2D eigenvalue weighted by atomic mass is 10.1. The number of aromatic nitrogens is 4. The van der Waals surface area contributed by atoms with Crippen LogP contribution in [0.5, 0.6) is 11.5 Å². The number of aromatic amines is 1. The second kappa shape index (κ2) is 6.72. The van der Waals surface area contributed by atoms with Gasteiger partial charge in [0.15, 0.2) is 0 Å². The molecule has 0 aliphatic heterocycles. The van der Waals surface area contributed by atoms with Crippen molar-refractivity contribution < 1.29 is 9.47 Å². The third-order valence-corrected chi connectivity index (χ3v) is 4.04. The van der Waals surface area contributed by atoms with Crippen LogP contribution < -0.4 is 15.2 Å². The largest absolute Gasteiger partial charge is 0.497 e. The number of nitrogens with one attached hydrogen (secondary N) is 1. The van der Waals surface area contributed by atoms with Crippen LogP contribution in [0.3, 0.4) is 0 Å². The maximum absolute atomic E-state index is 6.05. The van der Waals surface area contributed by atoms with Gasteiger partial charge in [0, 0.05) is 24.2 Å². The van der Waals surface area contributed by atoms with Crippen LogP contribution in [0.25, 0.3) is 22.3 Å². The van der Waals surface area contributed by atoms with Gasteiger partial charge in [0.05, 0.1) is 18.2 Å². The van der Waals surface area contributed by atoms with Crippen molar-refractivity contribution in [1.82, 2.24) is 19.9 Å². The van der Waals surface area contributed by atoms with Crippen LogP contribution in [0.1, 0.15) is 5.56 Å². The monoisotopic (exact) mass is 347 g/mol. The predicted molar refractivity (Wildman–Crippen MR) is 98.9 cm³/mol. The van der Waals surface area contributed by atoms with Crippen molar-refractivity contribution in [3.05, 3.63) is 60.6 Å². The summed E-state index contributed by atoms with van der Waals surface area (Å²) in [5.74, 6) is 1.76. The summed E-state index contributed by atoms with van der Waals surface area (Å²) >= 11 is 0. The van der Waals surface area contributed by atoms with Crippen LogP contribution in [0.2, 0.25) is 0 Å². The van der Waals surface area contributed by atoms with Gasteiger partial charge in [0.25, 0.3) is 0 Å². The maximum atomic E-state index is 6.05. The Labute approximate surface area is 149 Å². The minimum absolute atomic E-state index is 0.224. The molecular formula is C19H17N5O2. The number of hydrogen-bond acceptors (Lipinski definition) is 6. The first-order valence-corrected chi connectivity index (χ1v) is 8.05. The van der Waals surface area contributed by atoms with Gasteiger partial charge in [-0.2, -0.15) is 0 Å². The van der Waals surface area contributed by atoms with Crippen molar-refractivity contribution in [1.29, 1.82) is 0 Å². The van der Waals surface area contributed by atoms with E-state index < -0.39 is 0 Å². The van der Waals surface area contributed by atoms with Crippen LogP contribution in [0, 0.1) is 0 Å². The lowest BCUT2D eigenvalue weighted by Gasteiger charge is -2.09. The molecule has 130 valence electrons. The topological polar surface area (TPSA) is 98.9 Å². The molecule has 7 nitrogen and oxygen atoms in total. The number of hydrogen-bond donors (Lipinski definition) is 2. The summed E-state index contributed by atoms with van der Waals surface area (Å²) in [5, 5.41) is 0.860. The molecule has 0 atom stereocenters. The minimum Gasteiger partial charge on any atom is -0.497 e. The number of ether oxygens (including phenoxy) is 2. The normalized spacial score (nSPS) is 10.8. The van der Waals surface area contributed by atoms with Crippen LogP contribution in [-0.4, -0.2) is 27.0 Å². The van der Waals surface area contributed by atoms with Crippen LogP contribution in [-0.2, 0) is 6.61 Å². The first-order valence-electron chi connectivity index (χ1n) is 8.05. The Hall–Kier alpha value is -3.61. The van der Waals surface area contributed by atoms with Gasteiger partial charge >= 0.3 is 0 Å². The summed E-state index contributed by atoms with van der Waals surface area (Å²) in [6.45, 7) is 0.430. The average Bonchev–Trinajstić information content (AvgIpc) is 3.11. The molecule has 4 aromatic rings. The number of pyridine rings is 1. The van der Waals surface area contributed by atoms with E-state index in [1.807, 2.05) is 36.5 Å². The van der Waals surface area contributed by atoms with Crippen molar-refractivity contribution in [2.45, 2.75) is 6.61 Å². The average molecular weight is 347 g/mol. The molecule has 0 radical (unpaired) electrons. The van der Waals surface area contributed by atoms with E-state index in [0.717, 1.165) is 33.7 Å². The zero-order valence-electron chi connectivity index (χ0n) is 14.1. The van der Waals surface area contributed by atoms with Gasteiger partial charge in [-0.3, -0.25) is 0 Å². The summed E-state index contributed by atoms with van der Waals surface area (Å²) in [6.07, 6.45) is 5.19. The third-order valence-electron chi connectivity index (χ3n) is 4.04. The zero-order chi connectivity index (χ0) is 17.9. The Kier molecular flexibility index (Phi) is 4.10. The molecule has 26 heavy (non-hydrogen) atoms. The molecule has 1 aromatic carbocycles. The number of fused-ring (bicyclic) bond motifs is 1. The van der Waals surface area contributed by atoms with Crippen molar-refractivity contribution >= 4 is 17.0 Å². The van der Waals surface area contributed by atoms with Crippen molar-refractivity contribution in [2.24, 2.45) is 0 Å². The molecule has 0 aliphatic rings. The molecule has 3 N–H and O–H groups in total. The molecule has 0 saturated carbocycles. The Bertz CT molecular complexity index is 1040. The van der Waals surface area contributed by atoms with Gasteiger partial charge in [-0.25, -0.2) is 15.0 Å². The molecule has 7 heteroatoms. The van der Waals surface area contributed by atoms with E-state index in [1.165, 1.54) is 0 Å². The van der Waals surface area contributed by atoms with Gasteiger partial charge < -0.3 is 20.2 Å². The Morgan fingerprint density at radius 2 is 1.85 bits per heavy atom. The van der Waals surface area contributed by atoms with Gasteiger partial charge in [0.2, 0.25) is 5.95 Å². The van der Waals surface area contributed by atoms with E-state index in [-0.39, 0.29) is 5.95 Å². The lowest BCUT2D eigenvalue weighted by molar-refractivity contribution is 0.309. The molecule has 4 rings (SSSR count). The molecule has 3 heterocycles. The number of methoxy groups -OCH3 is 1. The second-order valence-corrected chi connectivity index (χ2v) is 5.67. The SMILES string of the molecule is COc1ccc(COc2ccnc3[nH]cc(-c4ccnc(N)n4)c23)cc1. The summed E-state index contributed by atoms with van der Waals surface area (Å²) in [7, 11) is 1.65. The minimum atomic E-state index is 0.224. The molecule has 3 aromatic heterocycles. The maximum Gasteiger partial charge on any atom is 0.220 e. The van der Waals surface area contributed by atoms with E-state index in [4.69, 9.17) is 15.2 Å². The molecule has 0 fully saturated rings. The molecule has 0 spiro atoms. The number of nitrogens with two attached hydrogens (primary N) is 1. The quantitative estimate of drug-likeness (QED) is 0.575. The van der Waals surface area contributed by atoms with E-state index in [2.05, 4.69) is 19.9 Å². The number of H-pyrrole nitrogens is 1. The van der Waals surface area contributed by atoms with Crippen LogP contribution in [0.15, 0.2) is 55.0 Å². The van der Waals surface area contributed by atoms with Crippen molar-refractivity contribution in [3.8, 4) is 22.8 Å². The lowest BCUT2D eigenvalue weighted by Crippen LogP contribution is -1.97. The van der Waals surface area contributed by atoms with Crippen molar-refractivity contribution in [2.75, 3.05) is 12.8 Å². The second-order valence-electron chi connectivity index (χ2n) is 5.67. The van der Waals surface area contributed by atoms with Gasteiger partial charge in [-0.05, 0) is 29.8 Å². The summed E-state index contributed by atoms with van der Waals surface area (Å²) in [4.78, 5) is 15.7. The molecule has 0 aliphatic carbocycles. The smallest absolute Gasteiger partial charge is 0.220 e. The van der Waals surface area contributed by atoms with E-state index in [1.54, 1.807) is 25.6 Å². The molecule has 0 amide bonds. The molecule has 0 bridgehead atoms. The highest BCUT2D eigenvalue weighted by Gasteiger charge is 2.14. The van der Waals surface area contributed by atoms with Crippen LogP contribution >= 0.6 is 0 Å². The number of nitrogens with zero attached hydrogens (tertiary/aromatic N) is 3. The first kappa shape index (κ1) is 15.9. The fourth-order valence-electron chi connectivity index (χ4n) is 2.76. The van der Waals surface area contributed by atoms with Gasteiger partial charge in [0.1, 0.15) is 23.8 Å². The summed E-state index contributed by atoms with van der Waals surface area (Å²) in [6, 6.07) is 11.4. The molecule has 0 saturated heterocycles. The van der Waals surface area contributed by atoms with Crippen molar-refractivity contribution in [3.63, 3.8) is 0 Å². The van der Waals surface area contributed by atoms with E-state index >= 15 is 0 Å². The Morgan fingerprint density at radius 3 is 2.62 bits per heavy atom. The highest BCUT2D eigenvalue weighted by atomic mass is 16.5. The summed E-state index contributed by atoms with van der Waals surface area (Å²) < 4.78 is 11.2. The Morgan fingerprint density at radius 1 is 1.04 bits per heavy atom. The summed E-state index contributed by atoms with van der Waals surface area (Å²) in [5.41, 5.74) is 9.06. The first-order chi connectivity index (χ1) is 12.7. The standard InChI is InChI=1S/C19H17N5O2/c1-25-13-4-2-12(3-5-13)11-26-16-7-9-21-18-17(16)14(10-23-18)15-6-8-22-19(20)24-15/h2-10H,11H2,1H3,(H,21,23)(H2,20,22,24). The third kappa shape index (κ3) is 3.02. The number of rotatable bonds is 5. The van der Waals surface area contributed by atoms with Gasteiger partial charge in [-0.15, -0.1) is 0 Å².